The number of amides is 1. The zero-order valence-corrected chi connectivity index (χ0v) is 13.5. The Morgan fingerprint density at radius 2 is 2.16 bits per heavy atom. The maximum absolute atomic E-state index is 13.7. The van der Waals surface area contributed by atoms with Gasteiger partial charge in [-0.2, -0.15) is 0 Å². The summed E-state index contributed by atoms with van der Waals surface area (Å²) in [5.41, 5.74) is 0.313. The summed E-state index contributed by atoms with van der Waals surface area (Å²) in [6.07, 6.45) is 0.719. The SMILES string of the molecule is CC1(c2cccc(CC(=O)c3ncc(F)cc3F)c2)COCC(=O)N1. The molecule has 1 aliphatic rings. The molecule has 0 radical (unpaired) electrons. The predicted octanol–water partition coefficient (Wildman–Crippen LogP) is 2.15. The second-order valence-corrected chi connectivity index (χ2v) is 6.16. The van der Waals surface area contributed by atoms with Crippen molar-refractivity contribution in [1.29, 1.82) is 0 Å². The largest absolute Gasteiger partial charge is 0.369 e. The molecule has 7 heteroatoms. The zero-order chi connectivity index (χ0) is 18.0. The van der Waals surface area contributed by atoms with Gasteiger partial charge in [0.25, 0.3) is 0 Å². The number of halogens is 2. The molecule has 1 saturated heterocycles. The van der Waals surface area contributed by atoms with Crippen LogP contribution in [0.2, 0.25) is 0 Å². The van der Waals surface area contributed by atoms with E-state index in [0.717, 1.165) is 11.8 Å². The third kappa shape index (κ3) is 3.71. The third-order valence-electron chi connectivity index (χ3n) is 4.04. The van der Waals surface area contributed by atoms with Crippen molar-refractivity contribution in [2.45, 2.75) is 18.9 Å². The minimum Gasteiger partial charge on any atom is -0.369 e. The van der Waals surface area contributed by atoms with E-state index in [1.54, 1.807) is 18.2 Å². The van der Waals surface area contributed by atoms with Gasteiger partial charge < -0.3 is 10.1 Å². The normalized spacial score (nSPS) is 20.2. The highest BCUT2D eigenvalue weighted by Crippen LogP contribution is 2.25. The van der Waals surface area contributed by atoms with Crippen molar-refractivity contribution in [3.63, 3.8) is 0 Å². The van der Waals surface area contributed by atoms with Crippen LogP contribution in [0.15, 0.2) is 36.5 Å². The Balaban J connectivity index is 1.82. The van der Waals surface area contributed by atoms with Crippen molar-refractivity contribution >= 4 is 11.7 Å². The fourth-order valence-corrected chi connectivity index (χ4v) is 2.80. The number of benzene rings is 1. The van der Waals surface area contributed by atoms with Crippen molar-refractivity contribution in [2.24, 2.45) is 0 Å². The van der Waals surface area contributed by atoms with Gasteiger partial charge >= 0.3 is 0 Å². The molecular weight excluding hydrogens is 330 g/mol. The van der Waals surface area contributed by atoms with Gasteiger partial charge in [-0.15, -0.1) is 0 Å². The number of morpholine rings is 1. The van der Waals surface area contributed by atoms with Crippen molar-refractivity contribution in [3.05, 3.63) is 65.0 Å². The monoisotopic (exact) mass is 346 g/mol. The summed E-state index contributed by atoms with van der Waals surface area (Å²) in [5, 5.41) is 2.87. The first-order valence-corrected chi connectivity index (χ1v) is 7.70. The van der Waals surface area contributed by atoms with Crippen LogP contribution < -0.4 is 5.32 Å². The number of Topliss-reactive ketones (excluding diaryl/α,β-unsaturated/α-hetero) is 1. The molecule has 0 aliphatic carbocycles. The first-order chi connectivity index (χ1) is 11.9. The van der Waals surface area contributed by atoms with Crippen LogP contribution in [0.3, 0.4) is 0 Å². The third-order valence-corrected chi connectivity index (χ3v) is 4.04. The van der Waals surface area contributed by atoms with Gasteiger partial charge in [-0.3, -0.25) is 9.59 Å². The van der Waals surface area contributed by atoms with Crippen LogP contribution in [0, 0.1) is 11.6 Å². The van der Waals surface area contributed by atoms with Gasteiger partial charge in [-0.1, -0.05) is 24.3 Å². The van der Waals surface area contributed by atoms with Crippen LogP contribution in [0.1, 0.15) is 28.5 Å². The second kappa shape index (κ2) is 6.68. The molecular formula is C18H16F2N2O3. The van der Waals surface area contributed by atoms with E-state index >= 15 is 0 Å². The second-order valence-electron chi connectivity index (χ2n) is 6.16. The fourth-order valence-electron chi connectivity index (χ4n) is 2.80. The lowest BCUT2D eigenvalue weighted by molar-refractivity contribution is -0.135. The molecule has 2 aromatic rings. The Hall–Kier alpha value is -2.67. The number of rotatable bonds is 4. The lowest BCUT2D eigenvalue weighted by Crippen LogP contribution is -2.52. The van der Waals surface area contributed by atoms with Crippen LogP contribution in [0.25, 0.3) is 0 Å². The van der Waals surface area contributed by atoms with E-state index in [1.807, 2.05) is 13.0 Å². The highest BCUT2D eigenvalue weighted by atomic mass is 19.1. The fraction of sp³-hybridized carbons (Fsp3) is 0.278. The Bertz CT molecular complexity index is 841. The minimum absolute atomic E-state index is 0.0171. The lowest BCUT2D eigenvalue weighted by Gasteiger charge is -2.35. The quantitative estimate of drug-likeness (QED) is 0.862. The Kier molecular flexibility index (Phi) is 4.59. The first kappa shape index (κ1) is 17.2. The topological polar surface area (TPSA) is 68.3 Å². The predicted molar refractivity (Wildman–Crippen MR) is 84.9 cm³/mol. The summed E-state index contributed by atoms with van der Waals surface area (Å²) < 4.78 is 31.9. The van der Waals surface area contributed by atoms with Crippen LogP contribution in [-0.2, 0) is 21.5 Å². The number of ether oxygens (including phenoxy) is 1. The van der Waals surface area contributed by atoms with Gasteiger partial charge in [-0.25, -0.2) is 13.8 Å². The summed E-state index contributed by atoms with van der Waals surface area (Å²) in [6, 6.07) is 7.68. The van der Waals surface area contributed by atoms with E-state index in [4.69, 9.17) is 4.74 Å². The number of carbonyl (C=O) groups excluding carboxylic acids is 2. The van der Waals surface area contributed by atoms with Crippen molar-refractivity contribution in [1.82, 2.24) is 10.3 Å². The Morgan fingerprint density at radius 1 is 1.36 bits per heavy atom. The molecule has 1 fully saturated rings. The highest BCUT2D eigenvalue weighted by molar-refractivity contribution is 5.96. The molecule has 1 unspecified atom stereocenters. The van der Waals surface area contributed by atoms with Crippen LogP contribution >= 0.6 is 0 Å². The smallest absolute Gasteiger partial charge is 0.246 e. The van der Waals surface area contributed by atoms with Crippen molar-refractivity contribution in [3.8, 4) is 0 Å². The van der Waals surface area contributed by atoms with E-state index in [-0.39, 0.29) is 18.9 Å². The van der Waals surface area contributed by atoms with E-state index in [0.29, 0.717) is 18.2 Å². The molecule has 0 saturated carbocycles. The zero-order valence-electron chi connectivity index (χ0n) is 13.5. The molecule has 1 aliphatic heterocycles. The number of nitrogens with zero attached hydrogens (tertiary/aromatic N) is 1. The Morgan fingerprint density at radius 3 is 2.88 bits per heavy atom. The summed E-state index contributed by atoms with van der Waals surface area (Å²) in [4.78, 5) is 27.4. The van der Waals surface area contributed by atoms with E-state index in [1.165, 1.54) is 0 Å². The molecule has 25 heavy (non-hydrogen) atoms. The number of nitrogens with one attached hydrogen (secondary N) is 1. The molecule has 3 rings (SSSR count). The number of aromatic nitrogens is 1. The number of hydrogen-bond acceptors (Lipinski definition) is 4. The number of pyridine rings is 1. The van der Waals surface area contributed by atoms with Crippen LogP contribution in [0.4, 0.5) is 8.78 Å². The molecule has 1 N–H and O–H groups in total. The average molecular weight is 346 g/mol. The molecule has 130 valence electrons. The highest BCUT2D eigenvalue weighted by Gasteiger charge is 2.33. The van der Waals surface area contributed by atoms with Gasteiger partial charge in [0.05, 0.1) is 18.3 Å². The van der Waals surface area contributed by atoms with Crippen molar-refractivity contribution < 1.29 is 23.1 Å². The van der Waals surface area contributed by atoms with Crippen LogP contribution in [-0.4, -0.2) is 29.9 Å². The van der Waals surface area contributed by atoms with Gasteiger partial charge in [0.15, 0.2) is 11.6 Å². The van der Waals surface area contributed by atoms with Gasteiger partial charge in [0.1, 0.15) is 18.1 Å². The summed E-state index contributed by atoms with van der Waals surface area (Å²) in [5.74, 6) is -2.59. The molecule has 1 amide bonds. The number of ketones is 1. The molecule has 2 heterocycles. The molecule has 0 bridgehead atoms. The van der Waals surface area contributed by atoms with Crippen molar-refractivity contribution in [2.75, 3.05) is 13.2 Å². The summed E-state index contributed by atoms with van der Waals surface area (Å²) in [7, 11) is 0. The standard InChI is InChI=1S/C18H16F2N2O3/c1-18(10-25-9-16(24)22-18)12-4-2-3-11(5-12)6-15(23)17-14(20)7-13(19)8-21-17/h2-5,7-8H,6,9-10H2,1H3,(H,22,24). The van der Waals surface area contributed by atoms with Gasteiger partial charge in [0.2, 0.25) is 5.91 Å². The first-order valence-electron chi connectivity index (χ1n) is 7.70. The molecule has 1 aromatic carbocycles. The van der Waals surface area contributed by atoms with E-state index < -0.39 is 28.7 Å². The van der Waals surface area contributed by atoms with Gasteiger partial charge in [-0.05, 0) is 18.1 Å². The summed E-state index contributed by atoms with van der Waals surface area (Å²) in [6.45, 7) is 2.15. The molecule has 5 nitrogen and oxygen atoms in total. The molecule has 1 atom stereocenters. The lowest BCUT2D eigenvalue weighted by atomic mass is 9.89. The summed E-state index contributed by atoms with van der Waals surface area (Å²) >= 11 is 0. The van der Waals surface area contributed by atoms with E-state index in [9.17, 15) is 18.4 Å². The van der Waals surface area contributed by atoms with Crippen LogP contribution in [0.5, 0.6) is 0 Å². The Labute approximate surface area is 143 Å². The maximum atomic E-state index is 13.7. The average Bonchev–Trinajstić information content (AvgIpc) is 2.54. The molecule has 1 aromatic heterocycles. The maximum Gasteiger partial charge on any atom is 0.246 e. The van der Waals surface area contributed by atoms with E-state index in [2.05, 4.69) is 10.3 Å². The number of carbonyl (C=O) groups is 2. The van der Waals surface area contributed by atoms with Gasteiger partial charge in [0, 0.05) is 12.5 Å². The number of hydrogen-bond donors (Lipinski definition) is 1. The minimum atomic E-state index is -0.985. The molecule has 0 spiro atoms.